The highest BCUT2D eigenvalue weighted by molar-refractivity contribution is 7.16. The smallest absolute Gasteiger partial charge is 0.264 e. The zero-order valence-electron chi connectivity index (χ0n) is 16.4. The van der Waals surface area contributed by atoms with Gasteiger partial charge in [-0.1, -0.05) is 26.0 Å². The molecule has 1 amide bonds. The highest BCUT2D eigenvalue weighted by Crippen LogP contribution is 2.31. The Bertz CT molecular complexity index is 981. The molecule has 2 aromatic carbocycles. The second-order valence-electron chi connectivity index (χ2n) is 6.96. The van der Waals surface area contributed by atoms with Crippen molar-refractivity contribution in [2.24, 2.45) is 0 Å². The van der Waals surface area contributed by atoms with Crippen molar-refractivity contribution in [2.45, 2.75) is 33.6 Å². The summed E-state index contributed by atoms with van der Waals surface area (Å²) in [4.78, 5) is 17.8. The van der Waals surface area contributed by atoms with Crippen LogP contribution in [-0.2, 0) is 4.79 Å². The molecule has 146 valence electrons. The number of carbonyl (C=O) groups is 1. The number of aromatic nitrogens is 1. The van der Waals surface area contributed by atoms with Crippen molar-refractivity contribution >= 4 is 22.4 Å². The van der Waals surface area contributed by atoms with Gasteiger partial charge in [0.2, 0.25) is 0 Å². The summed E-state index contributed by atoms with van der Waals surface area (Å²) in [6, 6.07) is 12.2. The molecule has 0 aliphatic rings. The zero-order valence-corrected chi connectivity index (χ0v) is 17.2. The number of rotatable bonds is 6. The number of benzene rings is 2. The Morgan fingerprint density at radius 2 is 1.89 bits per heavy atom. The summed E-state index contributed by atoms with van der Waals surface area (Å²) in [6.45, 7) is 8.00. The molecule has 1 heterocycles. The first kappa shape index (κ1) is 20.0. The van der Waals surface area contributed by atoms with E-state index in [1.165, 1.54) is 23.5 Å². The van der Waals surface area contributed by atoms with Crippen LogP contribution in [0.2, 0.25) is 0 Å². The minimum atomic E-state index is -0.292. The lowest BCUT2D eigenvalue weighted by atomic mass is 10.0. The van der Waals surface area contributed by atoms with Crippen LogP contribution in [0.15, 0.2) is 42.5 Å². The lowest BCUT2D eigenvalue weighted by Gasteiger charge is -2.14. The molecule has 0 unspecified atom stereocenters. The van der Waals surface area contributed by atoms with E-state index in [1.807, 2.05) is 32.0 Å². The van der Waals surface area contributed by atoms with E-state index in [0.717, 1.165) is 33.0 Å². The summed E-state index contributed by atoms with van der Waals surface area (Å²) in [5.74, 6) is 0.473. The highest BCUT2D eigenvalue weighted by Gasteiger charge is 2.14. The number of amides is 1. The number of halogens is 1. The molecule has 0 radical (unpaired) electrons. The molecule has 0 saturated heterocycles. The summed E-state index contributed by atoms with van der Waals surface area (Å²) >= 11 is 1.38. The molecule has 0 atom stereocenters. The third-order valence-electron chi connectivity index (χ3n) is 4.31. The van der Waals surface area contributed by atoms with Gasteiger partial charge in [0.25, 0.3) is 5.91 Å². The predicted molar refractivity (Wildman–Crippen MR) is 112 cm³/mol. The topological polar surface area (TPSA) is 51.2 Å². The number of carbonyl (C=O) groups excluding carboxylic acids is 1. The average Bonchev–Trinajstić information content (AvgIpc) is 3.00. The Kier molecular flexibility index (Phi) is 6.09. The molecule has 0 aliphatic heterocycles. The summed E-state index contributed by atoms with van der Waals surface area (Å²) in [5, 5.41) is 3.29. The number of thiazole rings is 1. The van der Waals surface area contributed by atoms with Gasteiger partial charge in [-0.05, 0) is 61.2 Å². The number of hydrogen-bond acceptors (Lipinski definition) is 4. The van der Waals surface area contributed by atoms with E-state index in [-0.39, 0.29) is 18.3 Å². The number of ether oxygens (including phenoxy) is 1. The lowest BCUT2D eigenvalue weighted by Crippen LogP contribution is -2.20. The van der Waals surface area contributed by atoms with Gasteiger partial charge in [0.15, 0.2) is 11.7 Å². The SMILES string of the molecule is Cc1ccc(C(C)C)c(OCC(=O)Nc2nc(-c3ccc(F)cc3)c(C)s2)c1. The molecule has 0 aliphatic carbocycles. The van der Waals surface area contributed by atoms with Gasteiger partial charge in [0.1, 0.15) is 11.6 Å². The third-order valence-corrected chi connectivity index (χ3v) is 5.20. The summed E-state index contributed by atoms with van der Waals surface area (Å²) in [5.41, 5.74) is 3.71. The molecule has 0 saturated carbocycles. The third kappa shape index (κ3) is 4.75. The van der Waals surface area contributed by atoms with Crippen LogP contribution in [0.4, 0.5) is 9.52 Å². The van der Waals surface area contributed by atoms with Crippen molar-refractivity contribution in [3.8, 4) is 17.0 Å². The Labute approximate surface area is 168 Å². The van der Waals surface area contributed by atoms with E-state index < -0.39 is 0 Å². The van der Waals surface area contributed by atoms with Crippen LogP contribution < -0.4 is 10.1 Å². The quantitative estimate of drug-likeness (QED) is 0.579. The van der Waals surface area contributed by atoms with Crippen molar-refractivity contribution in [3.05, 3.63) is 64.3 Å². The fourth-order valence-electron chi connectivity index (χ4n) is 2.87. The highest BCUT2D eigenvalue weighted by atomic mass is 32.1. The van der Waals surface area contributed by atoms with Crippen molar-refractivity contribution in [1.82, 2.24) is 4.98 Å². The monoisotopic (exact) mass is 398 g/mol. The van der Waals surface area contributed by atoms with E-state index in [4.69, 9.17) is 4.74 Å². The average molecular weight is 399 g/mol. The number of aryl methyl sites for hydroxylation is 2. The normalized spacial score (nSPS) is 10.9. The molecule has 4 nitrogen and oxygen atoms in total. The lowest BCUT2D eigenvalue weighted by molar-refractivity contribution is -0.118. The molecular formula is C22H23FN2O2S. The van der Waals surface area contributed by atoms with E-state index >= 15 is 0 Å². The number of anilines is 1. The van der Waals surface area contributed by atoms with Gasteiger partial charge in [-0.15, -0.1) is 11.3 Å². The zero-order chi connectivity index (χ0) is 20.3. The summed E-state index contributed by atoms with van der Waals surface area (Å²) in [6.07, 6.45) is 0. The largest absolute Gasteiger partial charge is 0.483 e. The Hall–Kier alpha value is -2.73. The number of hydrogen-bond donors (Lipinski definition) is 1. The maximum atomic E-state index is 13.1. The van der Waals surface area contributed by atoms with Gasteiger partial charge in [-0.3, -0.25) is 10.1 Å². The van der Waals surface area contributed by atoms with Crippen LogP contribution in [0, 0.1) is 19.7 Å². The molecule has 1 aromatic heterocycles. The molecule has 1 N–H and O–H groups in total. The molecule has 3 aromatic rings. The second kappa shape index (κ2) is 8.52. The molecule has 0 bridgehead atoms. The van der Waals surface area contributed by atoms with Crippen molar-refractivity contribution in [1.29, 1.82) is 0 Å². The van der Waals surface area contributed by atoms with Crippen molar-refractivity contribution in [2.75, 3.05) is 11.9 Å². The van der Waals surface area contributed by atoms with E-state index in [1.54, 1.807) is 12.1 Å². The molecule has 0 fully saturated rings. The standard InChI is InChI=1S/C22H23FN2O2S/c1-13(2)18-10-5-14(3)11-19(18)27-12-20(26)24-22-25-21(15(4)28-22)16-6-8-17(23)9-7-16/h5-11,13H,12H2,1-4H3,(H,24,25,26). The van der Waals surface area contributed by atoms with Gasteiger partial charge in [0.05, 0.1) is 5.69 Å². The van der Waals surface area contributed by atoms with Gasteiger partial charge in [0, 0.05) is 10.4 Å². The first-order valence-corrected chi connectivity index (χ1v) is 9.91. The summed E-state index contributed by atoms with van der Waals surface area (Å²) in [7, 11) is 0. The first-order chi connectivity index (χ1) is 13.3. The molecule has 0 spiro atoms. The summed E-state index contributed by atoms with van der Waals surface area (Å²) < 4.78 is 18.9. The number of nitrogens with zero attached hydrogens (tertiary/aromatic N) is 1. The molecule has 6 heteroatoms. The van der Waals surface area contributed by atoms with Crippen LogP contribution in [0.3, 0.4) is 0 Å². The Morgan fingerprint density at radius 1 is 1.18 bits per heavy atom. The van der Waals surface area contributed by atoms with Crippen molar-refractivity contribution < 1.29 is 13.9 Å². The second-order valence-corrected chi connectivity index (χ2v) is 8.17. The molecule has 3 rings (SSSR count). The van der Waals surface area contributed by atoms with Crippen LogP contribution in [-0.4, -0.2) is 17.5 Å². The van der Waals surface area contributed by atoms with Crippen LogP contribution >= 0.6 is 11.3 Å². The first-order valence-electron chi connectivity index (χ1n) is 9.10. The molecule has 28 heavy (non-hydrogen) atoms. The van der Waals surface area contributed by atoms with E-state index in [0.29, 0.717) is 11.0 Å². The van der Waals surface area contributed by atoms with Crippen LogP contribution in [0.1, 0.15) is 35.8 Å². The molecular weight excluding hydrogens is 375 g/mol. The van der Waals surface area contributed by atoms with Gasteiger partial charge >= 0.3 is 0 Å². The van der Waals surface area contributed by atoms with Gasteiger partial charge in [-0.25, -0.2) is 9.37 Å². The fraction of sp³-hybridized carbons (Fsp3) is 0.273. The van der Waals surface area contributed by atoms with Crippen LogP contribution in [0.5, 0.6) is 5.75 Å². The maximum absolute atomic E-state index is 13.1. The predicted octanol–water partition coefficient (Wildman–Crippen LogP) is 5.71. The maximum Gasteiger partial charge on any atom is 0.264 e. The minimum Gasteiger partial charge on any atom is -0.483 e. The van der Waals surface area contributed by atoms with Gasteiger partial charge in [-0.2, -0.15) is 0 Å². The fourth-order valence-corrected chi connectivity index (χ4v) is 3.72. The Balaban J connectivity index is 1.67. The van der Waals surface area contributed by atoms with Crippen LogP contribution in [0.25, 0.3) is 11.3 Å². The minimum absolute atomic E-state index is 0.0896. The van der Waals surface area contributed by atoms with Gasteiger partial charge < -0.3 is 4.74 Å². The van der Waals surface area contributed by atoms with E-state index in [2.05, 4.69) is 24.1 Å². The number of nitrogens with one attached hydrogen (secondary N) is 1. The van der Waals surface area contributed by atoms with Crippen molar-refractivity contribution in [3.63, 3.8) is 0 Å². The van der Waals surface area contributed by atoms with E-state index in [9.17, 15) is 9.18 Å². The Morgan fingerprint density at radius 3 is 2.57 bits per heavy atom.